The summed E-state index contributed by atoms with van der Waals surface area (Å²) < 4.78 is 0. The van der Waals surface area contributed by atoms with Gasteiger partial charge in [-0.2, -0.15) is 0 Å². The third kappa shape index (κ3) is 4.10. The summed E-state index contributed by atoms with van der Waals surface area (Å²) in [5.74, 6) is -0.0274. The van der Waals surface area contributed by atoms with E-state index in [-0.39, 0.29) is 5.91 Å². The van der Waals surface area contributed by atoms with E-state index >= 15 is 0 Å². The van der Waals surface area contributed by atoms with Crippen molar-refractivity contribution in [1.29, 1.82) is 0 Å². The van der Waals surface area contributed by atoms with Gasteiger partial charge in [-0.15, -0.1) is 6.58 Å². The number of anilines is 2. The van der Waals surface area contributed by atoms with Crippen LogP contribution in [0.4, 0.5) is 11.4 Å². The monoisotopic (exact) mass is 259 g/mol. The Kier molecular flexibility index (Phi) is 4.98. The molecule has 0 bridgehead atoms. The molecule has 1 heterocycles. The molecule has 4 heteroatoms. The Labute approximate surface area is 114 Å². The quantitative estimate of drug-likeness (QED) is 0.606. The lowest BCUT2D eigenvalue weighted by Crippen LogP contribution is -2.28. The molecule has 0 atom stereocenters. The summed E-state index contributed by atoms with van der Waals surface area (Å²) >= 11 is 0. The lowest BCUT2D eigenvalue weighted by Gasteiger charge is -2.18. The number of nitrogens with one attached hydrogen (secondary N) is 2. The molecule has 19 heavy (non-hydrogen) atoms. The lowest BCUT2D eigenvalue weighted by atomic mass is 10.2. The van der Waals surface area contributed by atoms with Gasteiger partial charge in [0.2, 0.25) is 5.91 Å². The minimum absolute atomic E-state index is 0.0274. The van der Waals surface area contributed by atoms with Gasteiger partial charge in [-0.05, 0) is 31.0 Å². The molecule has 1 amide bonds. The van der Waals surface area contributed by atoms with Gasteiger partial charge in [0.25, 0.3) is 0 Å². The topological polar surface area (TPSA) is 44.4 Å². The van der Waals surface area contributed by atoms with E-state index in [1.807, 2.05) is 18.2 Å². The van der Waals surface area contributed by atoms with Gasteiger partial charge in [0.15, 0.2) is 0 Å². The smallest absolute Gasteiger partial charge is 0.238 e. The second-order valence-corrected chi connectivity index (χ2v) is 4.71. The Balaban J connectivity index is 1.91. The van der Waals surface area contributed by atoms with E-state index in [0.717, 1.165) is 18.8 Å². The fourth-order valence-electron chi connectivity index (χ4n) is 2.25. The Bertz CT molecular complexity index is 439. The fraction of sp³-hybridized carbons (Fsp3) is 0.400. The molecule has 0 aliphatic carbocycles. The Morgan fingerprint density at radius 2 is 2.16 bits per heavy atom. The van der Waals surface area contributed by atoms with Gasteiger partial charge in [0, 0.05) is 31.0 Å². The minimum Gasteiger partial charge on any atom is -0.371 e. The first kappa shape index (κ1) is 13.6. The molecular formula is C15H21N3O. The summed E-state index contributed by atoms with van der Waals surface area (Å²) in [4.78, 5) is 14.1. The van der Waals surface area contributed by atoms with Crippen LogP contribution < -0.4 is 15.5 Å². The van der Waals surface area contributed by atoms with Crippen LogP contribution in [0, 0.1) is 0 Å². The highest BCUT2D eigenvalue weighted by molar-refractivity contribution is 5.92. The van der Waals surface area contributed by atoms with E-state index in [2.05, 4.69) is 28.2 Å². The summed E-state index contributed by atoms with van der Waals surface area (Å²) in [5, 5.41) is 5.89. The highest BCUT2D eigenvalue weighted by Crippen LogP contribution is 2.23. The zero-order chi connectivity index (χ0) is 13.5. The summed E-state index contributed by atoms with van der Waals surface area (Å²) in [5.41, 5.74) is 2.05. The van der Waals surface area contributed by atoms with Gasteiger partial charge in [-0.3, -0.25) is 4.79 Å². The first-order chi connectivity index (χ1) is 9.29. The predicted octanol–water partition coefficient (Wildman–Crippen LogP) is 2.00. The van der Waals surface area contributed by atoms with Crippen molar-refractivity contribution in [2.75, 3.05) is 36.4 Å². The number of nitrogens with zero attached hydrogens (tertiary/aromatic N) is 1. The van der Waals surface area contributed by atoms with E-state index < -0.39 is 0 Å². The van der Waals surface area contributed by atoms with Crippen LogP contribution >= 0.6 is 0 Å². The molecule has 1 aliphatic heterocycles. The van der Waals surface area contributed by atoms with E-state index in [1.54, 1.807) is 6.08 Å². The molecule has 1 aromatic rings. The predicted molar refractivity (Wildman–Crippen MR) is 79.6 cm³/mol. The van der Waals surface area contributed by atoms with Crippen LogP contribution in [0.5, 0.6) is 0 Å². The minimum atomic E-state index is -0.0274. The molecule has 0 spiro atoms. The van der Waals surface area contributed by atoms with Gasteiger partial charge in [0.05, 0.1) is 6.54 Å². The molecule has 4 nitrogen and oxygen atoms in total. The summed E-state index contributed by atoms with van der Waals surface area (Å²) in [7, 11) is 0. The first-order valence-electron chi connectivity index (χ1n) is 6.76. The molecule has 0 saturated carbocycles. The Morgan fingerprint density at radius 1 is 1.37 bits per heavy atom. The highest BCUT2D eigenvalue weighted by atomic mass is 16.1. The Morgan fingerprint density at radius 3 is 2.89 bits per heavy atom. The second-order valence-electron chi connectivity index (χ2n) is 4.71. The van der Waals surface area contributed by atoms with E-state index in [0.29, 0.717) is 13.1 Å². The van der Waals surface area contributed by atoms with E-state index in [9.17, 15) is 4.79 Å². The Hall–Kier alpha value is -1.81. The van der Waals surface area contributed by atoms with Crippen molar-refractivity contribution in [3.05, 3.63) is 36.9 Å². The van der Waals surface area contributed by atoms with Crippen molar-refractivity contribution in [3.63, 3.8) is 0 Å². The number of hydrogen-bond acceptors (Lipinski definition) is 3. The van der Waals surface area contributed by atoms with Gasteiger partial charge < -0.3 is 15.5 Å². The normalized spacial score (nSPS) is 14.4. The molecule has 0 radical (unpaired) electrons. The van der Waals surface area contributed by atoms with Crippen LogP contribution in [0.15, 0.2) is 36.9 Å². The summed E-state index contributed by atoms with van der Waals surface area (Å²) in [6.07, 6.45) is 4.24. The number of amides is 1. The first-order valence-corrected chi connectivity index (χ1v) is 6.76. The molecule has 2 rings (SSSR count). The van der Waals surface area contributed by atoms with Crippen LogP contribution in [-0.4, -0.2) is 32.1 Å². The van der Waals surface area contributed by atoms with Crippen molar-refractivity contribution in [3.8, 4) is 0 Å². The number of rotatable bonds is 6. The maximum absolute atomic E-state index is 11.7. The van der Waals surface area contributed by atoms with Crippen LogP contribution in [-0.2, 0) is 4.79 Å². The molecule has 1 saturated heterocycles. The zero-order valence-corrected chi connectivity index (χ0v) is 11.2. The number of carbonyl (C=O) groups excluding carboxylic acids is 1. The summed E-state index contributed by atoms with van der Waals surface area (Å²) in [6.45, 7) is 6.76. The number of benzene rings is 1. The zero-order valence-electron chi connectivity index (χ0n) is 11.2. The van der Waals surface area contributed by atoms with Crippen molar-refractivity contribution >= 4 is 17.3 Å². The molecule has 102 valence electrons. The highest BCUT2D eigenvalue weighted by Gasteiger charge is 2.12. The van der Waals surface area contributed by atoms with Crippen LogP contribution in [0.25, 0.3) is 0 Å². The molecule has 2 N–H and O–H groups in total. The van der Waals surface area contributed by atoms with Gasteiger partial charge in [0.1, 0.15) is 0 Å². The maximum atomic E-state index is 11.7. The van der Waals surface area contributed by atoms with Crippen molar-refractivity contribution in [2.45, 2.75) is 12.8 Å². The average Bonchev–Trinajstić information content (AvgIpc) is 2.93. The molecule has 0 aromatic heterocycles. The number of carbonyl (C=O) groups is 1. The third-order valence-electron chi connectivity index (χ3n) is 3.18. The van der Waals surface area contributed by atoms with Gasteiger partial charge >= 0.3 is 0 Å². The number of hydrogen-bond donors (Lipinski definition) is 2. The lowest BCUT2D eigenvalue weighted by molar-refractivity contribution is -0.115. The maximum Gasteiger partial charge on any atom is 0.238 e. The standard InChI is InChI=1S/C15H21N3O/c1-2-8-16-12-15(19)17-13-6-5-7-14(11-13)18-9-3-4-10-18/h2,5-7,11,16H,1,3-4,8-10,12H2,(H,17,19). The van der Waals surface area contributed by atoms with Crippen molar-refractivity contribution < 1.29 is 4.79 Å². The molecule has 1 aromatic carbocycles. The van der Waals surface area contributed by atoms with Crippen LogP contribution in [0.1, 0.15) is 12.8 Å². The second kappa shape index (κ2) is 6.95. The van der Waals surface area contributed by atoms with Gasteiger partial charge in [-0.1, -0.05) is 12.1 Å². The molecular weight excluding hydrogens is 238 g/mol. The van der Waals surface area contributed by atoms with Crippen LogP contribution in [0.3, 0.4) is 0 Å². The largest absolute Gasteiger partial charge is 0.371 e. The molecule has 1 fully saturated rings. The van der Waals surface area contributed by atoms with Gasteiger partial charge in [-0.25, -0.2) is 0 Å². The SMILES string of the molecule is C=CCNCC(=O)Nc1cccc(N2CCCC2)c1. The van der Waals surface area contributed by atoms with E-state index in [4.69, 9.17) is 0 Å². The van der Waals surface area contributed by atoms with E-state index in [1.165, 1.54) is 18.5 Å². The molecule has 1 aliphatic rings. The fourth-order valence-corrected chi connectivity index (χ4v) is 2.25. The van der Waals surface area contributed by atoms with Crippen molar-refractivity contribution in [2.24, 2.45) is 0 Å². The van der Waals surface area contributed by atoms with Crippen molar-refractivity contribution in [1.82, 2.24) is 5.32 Å². The third-order valence-corrected chi connectivity index (χ3v) is 3.18. The summed E-state index contributed by atoms with van der Waals surface area (Å²) in [6, 6.07) is 8.04. The average molecular weight is 259 g/mol. The van der Waals surface area contributed by atoms with Crippen LogP contribution in [0.2, 0.25) is 0 Å². The molecule has 0 unspecified atom stereocenters.